The summed E-state index contributed by atoms with van der Waals surface area (Å²) < 4.78 is 23.7. The van der Waals surface area contributed by atoms with Crippen LogP contribution in [0.4, 0.5) is 5.69 Å². The molecule has 0 saturated heterocycles. The van der Waals surface area contributed by atoms with Gasteiger partial charge in [0.2, 0.25) is 5.75 Å². The van der Waals surface area contributed by atoms with Gasteiger partial charge in [0.15, 0.2) is 16.3 Å². The van der Waals surface area contributed by atoms with Crippen molar-refractivity contribution in [1.82, 2.24) is 4.57 Å². The number of methoxy groups -OCH3 is 3. The van der Waals surface area contributed by atoms with E-state index in [1.807, 2.05) is 18.2 Å². The standard InChI is InChI=1S/C30H30N4O7S/c1-7-41-29(37)24-17(3)31-30-33(25(24)18-13-21(38-4)26(40-6)22(14-18)39-5)28(36)23(42-30)15-20-16(2)32-34(27(20)35)19-11-9-8-10-12-19/h8-15,20,25H,7H2,1-6H3/b23-15+/t20-,25+/m1/s1. The Bertz CT molecular complexity index is 1780. The zero-order chi connectivity index (χ0) is 30.1. The minimum absolute atomic E-state index is 0.141. The van der Waals surface area contributed by atoms with E-state index in [2.05, 4.69) is 10.1 Å². The number of benzene rings is 2. The fourth-order valence-corrected chi connectivity index (χ4v) is 6.11. The first kappa shape index (κ1) is 28.8. The highest BCUT2D eigenvalue weighted by Gasteiger charge is 2.36. The molecule has 42 heavy (non-hydrogen) atoms. The van der Waals surface area contributed by atoms with Gasteiger partial charge in [0.1, 0.15) is 5.92 Å². The van der Waals surface area contributed by atoms with Crippen LogP contribution in [0.5, 0.6) is 17.2 Å². The minimum Gasteiger partial charge on any atom is -0.493 e. The Labute approximate surface area is 245 Å². The van der Waals surface area contributed by atoms with E-state index >= 15 is 0 Å². The van der Waals surface area contributed by atoms with E-state index in [1.54, 1.807) is 51.1 Å². The van der Waals surface area contributed by atoms with Crippen LogP contribution in [-0.4, -0.2) is 50.1 Å². The predicted octanol–water partition coefficient (Wildman–Crippen LogP) is 2.81. The fraction of sp³-hybridized carbons (Fsp3) is 0.300. The van der Waals surface area contributed by atoms with Crippen LogP contribution in [0.15, 0.2) is 68.6 Å². The van der Waals surface area contributed by atoms with Gasteiger partial charge in [-0.15, -0.1) is 0 Å². The number of carbonyl (C=O) groups excluding carboxylic acids is 2. The maximum absolute atomic E-state index is 14.1. The molecule has 218 valence electrons. The number of ether oxygens (including phenoxy) is 4. The number of hydrogen-bond acceptors (Lipinski definition) is 10. The van der Waals surface area contributed by atoms with Crippen molar-refractivity contribution in [3.05, 3.63) is 79.0 Å². The maximum atomic E-state index is 14.1. The Balaban J connectivity index is 1.68. The molecule has 3 heterocycles. The van der Waals surface area contributed by atoms with E-state index in [0.717, 1.165) is 11.3 Å². The van der Waals surface area contributed by atoms with E-state index in [9.17, 15) is 14.4 Å². The molecule has 2 aromatic carbocycles. The van der Waals surface area contributed by atoms with Gasteiger partial charge in [-0.2, -0.15) is 10.1 Å². The van der Waals surface area contributed by atoms with Crippen molar-refractivity contribution in [1.29, 1.82) is 0 Å². The first-order valence-electron chi connectivity index (χ1n) is 13.2. The molecular weight excluding hydrogens is 560 g/mol. The normalized spacial score (nSPS) is 18.4. The molecule has 2 atom stereocenters. The van der Waals surface area contributed by atoms with E-state index in [4.69, 9.17) is 18.9 Å². The van der Waals surface area contributed by atoms with E-state index in [1.165, 1.54) is 30.9 Å². The van der Waals surface area contributed by atoms with Gasteiger partial charge in [-0.25, -0.2) is 9.79 Å². The Morgan fingerprint density at radius 1 is 1.02 bits per heavy atom. The number of fused-ring (bicyclic) bond motifs is 1. The van der Waals surface area contributed by atoms with Crippen LogP contribution in [0.1, 0.15) is 32.4 Å². The third-order valence-corrected chi connectivity index (χ3v) is 8.02. The van der Waals surface area contributed by atoms with Crippen molar-refractivity contribution in [3.8, 4) is 17.2 Å². The van der Waals surface area contributed by atoms with Gasteiger partial charge in [0, 0.05) is 0 Å². The lowest BCUT2D eigenvalue weighted by molar-refractivity contribution is -0.139. The Hall–Kier alpha value is -4.71. The summed E-state index contributed by atoms with van der Waals surface area (Å²) in [5.41, 5.74) is 1.92. The largest absolute Gasteiger partial charge is 0.493 e. The van der Waals surface area contributed by atoms with Gasteiger partial charge in [0.25, 0.3) is 11.5 Å². The van der Waals surface area contributed by atoms with Gasteiger partial charge in [-0.05, 0) is 56.7 Å². The number of hydrogen-bond donors (Lipinski definition) is 0. The van der Waals surface area contributed by atoms with Gasteiger partial charge in [0.05, 0.1) is 61.2 Å². The van der Waals surface area contributed by atoms with Crippen molar-refractivity contribution < 1.29 is 28.5 Å². The van der Waals surface area contributed by atoms with Crippen LogP contribution in [0.2, 0.25) is 0 Å². The second-order valence-corrected chi connectivity index (χ2v) is 10.5. The number of aromatic nitrogens is 1. The molecule has 1 amide bonds. The highest BCUT2D eigenvalue weighted by atomic mass is 32.1. The summed E-state index contributed by atoms with van der Waals surface area (Å²) in [7, 11) is 4.47. The molecule has 1 aromatic heterocycles. The molecule has 0 saturated carbocycles. The van der Waals surface area contributed by atoms with E-state index < -0.39 is 23.5 Å². The highest BCUT2D eigenvalue weighted by molar-refractivity contribution is 7.07. The summed E-state index contributed by atoms with van der Waals surface area (Å²) in [6.07, 6.45) is 1.61. The van der Waals surface area contributed by atoms with Crippen LogP contribution in [0, 0.1) is 5.92 Å². The number of rotatable bonds is 8. The number of amides is 1. The zero-order valence-corrected chi connectivity index (χ0v) is 24.9. The molecule has 3 aromatic rings. The topological polar surface area (TPSA) is 121 Å². The van der Waals surface area contributed by atoms with Crippen LogP contribution >= 0.6 is 11.3 Å². The first-order valence-corrected chi connectivity index (χ1v) is 14.0. The van der Waals surface area contributed by atoms with Crippen molar-refractivity contribution in [2.75, 3.05) is 32.9 Å². The number of allylic oxidation sites excluding steroid dienone is 1. The van der Waals surface area contributed by atoms with Crippen LogP contribution in [0.3, 0.4) is 0 Å². The number of thiazole rings is 1. The summed E-state index contributed by atoms with van der Waals surface area (Å²) in [4.78, 5) is 45.7. The van der Waals surface area contributed by atoms with Gasteiger partial charge < -0.3 is 18.9 Å². The molecule has 0 bridgehead atoms. The number of anilines is 1. The highest BCUT2D eigenvalue weighted by Crippen LogP contribution is 2.42. The average molecular weight is 591 g/mol. The molecule has 2 aliphatic rings. The molecule has 0 radical (unpaired) electrons. The Morgan fingerprint density at radius 3 is 2.29 bits per heavy atom. The van der Waals surface area contributed by atoms with Crippen molar-refractivity contribution in [2.24, 2.45) is 16.0 Å². The molecule has 5 rings (SSSR count). The molecule has 0 fully saturated rings. The molecule has 0 aliphatic carbocycles. The monoisotopic (exact) mass is 590 g/mol. The lowest BCUT2D eigenvalue weighted by atomic mass is 9.95. The summed E-state index contributed by atoms with van der Waals surface area (Å²) in [5, 5.41) is 5.79. The lowest BCUT2D eigenvalue weighted by Gasteiger charge is -2.26. The molecule has 12 heteroatoms. The first-order chi connectivity index (χ1) is 20.2. The van der Waals surface area contributed by atoms with Crippen molar-refractivity contribution in [3.63, 3.8) is 0 Å². The number of para-hydroxylation sites is 1. The van der Waals surface area contributed by atoms with Gasteiger partial charge in [-0.3, -0.25) is 14.2 Å². The van der Waals surface area contributed by atoms with Gasteiger partial charge in [-0.1, -0.05) is 29.5 Å². The quantitative estimate of drug-likeness (QED) is 0.370. The third kappa shape index (κ3) is 4.87. The molecule has 2 aliphatic heterocycles. The maximum Gasteiger partial charge on any atom is 0.338 e. The molecule has 0 unspecified atom stereocenters. The molecular formula is C30H30N4O7S. The fourth-order valence-electron chi connectivity index (χ4n) is 5.06. The Morgan fingerprint density at radius 2 is 1.69 bits per heavy atom. The van der Waals surface area contributed by atoms with E-state index in [-0.39, 0.29) is 18.1 Å². The zero-order valence-electron chi connectivity index (χ0n) is 24.0. The Kier molecular flexibility index (Phi) is 7.99. The van der Waals surface area contributed by atoms with Crippen molar-refractivity contribution in [2.45, 2.75) is 26.8 Å². The summed E-state index contributed by atoms with van der Waals surface area (Å²) >= 11 is 1.14. The molecule has 11 nitrogen and oxygen atoms in total. The average Bonchev–Trinajstić information content (AvgIpc) is 3.45. The smallest absolute Gasteiger partial charge is 0.338 e. The minimum atomic E-state index is -0.911. The number of carbonyl (C=O) groups is 2. The van der Waals surface area contributed by atoms with Crippen LogP contribution < -0.4 is 34.1 Å². The summed E-state index contributed by atoms with van der Waals surface area (Å²) in [6, 6.07) is 11.6. The number of nitrogens with zero attached hydrogens (tertiary/aromatic N) is 4. The summed E-state index contributed by atoms with van der Waals surface area (Å²) in [5.74, 6) is -0.523. The second kappa shape index (κ2) is 11.6. The molecule has 0 spiro atoms. The predicted molar refractivity (Wildman–Crippen MR) is 158 cm³/mol. The van der Waals surface area contributed by atoms with Crippen molar-refractivity contribution >= 4 is 40.7 Å². The third-order valence-electron chi connectivity index (χ3n) is 7.02. The second-order valence-electron chi connectivity index (χ2n) is 9.49. The van der Waals surface area contributed by atoms with Gasteiger partial charge >= 0.3 is 5.97 Å². The number of esters is 1. The van der Waals surface area contributed by atoms with Crippen LogP contribution in [-0.2, 0) is 14.3 Å². The summed E-state index contributed by atoms with van der Waals surface area (Å²) in [6.45, 7) is 5.30. The SMILES string of the molecule is CCOC(=O)C1=C(C)N=c2s/c(=C/[C@H]3C(=O)N(c4ccccc4)N=C3C)c(=O)n2[C@H]1c1cc(OC)c(OC)c(OC)c1. The number of hydrazone groups is 1. The molecule has 0 N–H and O–H groups in total. The lowest BCUT2D eigenvalue weighted by Crippen LogP contribution is -2.40. The van der Waals surface area contributed by atoms with E-state index in [0.29, 0.717) is 49.2 Å². The van der Waals surface area contributed by atoms with Crippen LogP contribution in [0.25, 0.3) is 6.08 Å².